The van der Waals surface area contributed by atoms with Crippen LogP contribution in [0, 0.1) is 0 Å². The highest BCUT2D eigenvalue weighted by atomic mass is 16.6. The fourth-order valence-electron chi connectivity index (χ4n) is 2.18. The lowest BCUT2D eigenvalue weighted by atomic mass is 9.96. The summed E-state index contributed by atoms with van der Waals surface area (Å²) < 4.78 is 5.21. The zero-order chi connectivity index (χ0) is 15.6. The number of carbonyl (C=O) groups is 3. The van der Waals surface area contributed by atoms with E-state index in [0.717, 1.165) is 13.0 Å². The van der Waals surface area contributed by atoms with Crippen LogP contribution in [0.25, 0.3) is 0 Å². The van der Waals surface area contributed by atoms with Gasteiger partial charge in [-0.25, -0.2) is 4.79 Å². The Morgan fingerprint density at radius 1 is 1.30 bits per heavy atom. The summed E-state index contributed by atoms with van der Waals surface area (Å²) in [6.07, 6.45) is -0.541. The summed E-state index contributed by atoms with van der Waals surface area (Å²) in [6, 6.07) is 0. The van der Waals surface area contributed by atoms with Gasteiger partial charge in [-0.1, -0.05) is 0 Å². The van der Waals surface area contributed by atoms with E-state index >= 15 is 0 Å². The Kier molecular flexibility index (Phi) is 4.72. The molecule has 8 nitrogen and oxygen atoms in total. The van der Waals surface area contributed by atoms with Gasteiger partial charge in [0.1, 0.15) is 0 Å². The molecule has 0 aromatic rings. The maximum atomic E-state index is 11.8. The molecule has 1 fully saturated rings. The quantitative estimate of drug-likeness (QED) is 0.567. The lowest BCUT2D eigenvalue weighted by Crippen LogP contribution is -2.47. The van der Waals surface area contributed by atoms with E-state index < -0.39 is 42.1 Å². The molecule has 1 heterocycles. The molecular weight excluding hydrogens is 270 g/mol. The molecule has 0 amide bonds. The monoisotopic (exact) mass is 289 g/mol. The zero-order valence-corrected chi connectivity index (χ0v) is 11.5. The van der Waals surface area contributed by atoms with E-state index in [1.807, 2.05) is 4.90 Å². The van der Waals surface area contributed by atoms with Gasteiger partial charge in [-0.05, 0) is 20.4 Å². The van der Waals surface area contributed by atoms with Crippen LogP contribution in [0.5, 0.6) is 0 Å². The molecular formula is C12H19NO7. The minimum Gasteiger partial charge on any atom is -0.481 e. The molecule has 1 rings (SSSR count). The number of aliphatic hydroxyl groups is 1. The van der Waals surface area contributed by atoms with Crippen molar-refractivity contribution < 1.29 is 34.4 Å². The average molecular weight is 289 g/mol. The molecule has 0 aliphatic carbocycles. The van der Waals surface area contributed by atoms with Gasteiger partial charge in [0, 0.05) is 13.0 Å². The van der Waals surface area contributed by atoms with Gasteiger partial charge in [-0.3, -0.25) is 14.5 Å². The Morgan fingerprint density at radius 3 is 2.30 bits per heavy atom. The summed E-state index contributed by atoms with van der Waals surface area (Å²) in [4.78, 5) is 35.1. The van der Waals surface area contributed by atoms with Gasteiger partial charge < -0.3 is 20.1 Å². The van der Waals surface area contributed by atoms with Crippen LogP contribution >= 0.6 is 0 Å². The lowest BCUT2D eigenvalue weighted by molar-refractivity contribution is -0.185. The van der Waals surface area contributed by atoms with Crippen molar-refractivity contribution in [2.75, 3.05) is 13.6 Å². The maximum Gasteiger partial charge on any atom is 0.336 e. The maximum absolute atomic E-state index is 11.8. The molecule has 1 aliphatic rings. The highest BCUT2D eigenvalue weighted by Crippen LogP contribution is 2.29. The summed E-state index contributed by atoms with van der Waals surface area (Å²) in [6.45, 7) is 2.43. The van der Waals surface area contributed by atoms with Crippen LogP contribution in [0.4, 0.5) is 0 Å². The minimum atomic E-state index is -2.66. The van der Waals surface area contributed by atoms with Crippen LogP contribution in [0.3, 0.4) is 0 Å². The number of ether oxygens (including phenoxy) is 1. The molecule has 2 atom stereocenters. The Bertz CT molecular complexity index is 424. The summed E-state index contributed by atoms with van der Waals surface area (Å²) in [7, 11) is 1.76. The van der Waals surface area contributed by atoms with Gasteiger partial charge >= 0.3 is 17.9 Å². The molecule has 0 saturated carbocycles. The van der Waals surface area contributed by atoms with Crippen LogP contribution in [0.15, 0.2) is 0 Å². The number of rotatable bonds is 6. The first-order chi connectivity index (χ1) is 9.09. The van der Waals surface area contributed by atoms with E-state index in [1.54, 1.807) is 14.0 Å². The first-order valence-corrected chi connectivity index (χ1v) is 6.20. The number of carboxylic acids is 2. The minimum absolute atomic E-state index is 0.597. The Hall–Kier alpha value is -1.67. The average Bonchev–Trinajstić information content (AvgIpc) is 2.56. The van der Waals surface area contributed by atoms with Crippen molar-refractivity contribution in [1.82, 2.24) is 4.90 Å². The van der Waals surface area contributed by atoms with Crippen LogP contribution in [0.2, 0.25) is 0 Å². The van der Waals surface area contributed by atoms with Crippen molar-refractivity contribution in [2.24, 2.45) is 0 Å². The number of hydrogen-bond acceptors (Lipinski definition) is 6. The van der Waals surface area contributed by atoms with Gasteiger partial charge in [-0.15, -0.1) is 0 Å². The number of carbonyl (C=O) groups excluding carboxylic acids is 1. The van der Waals surface area contributed by atoms with E-state index in [0.29, 0.717) is 6.42 Å². The van der Waals surface area contributed by atoms with Crippen LogP contribution in [-0.4, -0.2) is 63.0 Å². The Morgan fingerprint density at radius 2 is 1.90 bits per heavy atom. The molecule has 1 aliphatic heterocycles. The molecule has 0 radical (unpaired) electrons. The van der Waals surface area contributed by atoms with E-state index in [-0.39, 0.29) is 0 Å². The first-order valence-electron chi connectivity index (χ1n) is 6.20. The first kappa shape index (κ1) is 16.4. The number of nitrogens with zero attached hydrogens (tertiary/aromatic N) is 1. The van der Waals surface area contributed by atoms with Gasteiger partial charge in [-0.2, -0.15) is 0 Å². The topological polar surface area (TPSA) is 124 Å². The molecule has 8 heteroatoms. The SMILES string of the molecule is CN1CCCC1(C)OC(=O)CC(O)(CC(=O)O)C(=O)O. The number of carboxylic acid groups (broad SMARTS) is 2. The summed E-state index contributed by atoms with van der Waals surface area (Å²) >= 11 is 0. The van der Waals surface area contributed by atoms with Crippen LogP contribution in [0.1, 0.15) is 32.6 Å². The zero-order valence-electron chi connectivity index (χ0n) is 11.5. The van der Waals surface area contributed by atoms with Gasteiger partial charge in [0.05, 0.1) is 12.8 Å². The molecule has 0 aromatic carbocycles. The fourth-order valence-corrected chi connectivity index (χ4v) is 2.18. The lowest BCUT2D eigenvalue weighted by Gasteiger charge is -2.32. The molecule has 3 N–H and O–H groups in total. The van der Waals surface area contributed by atoms with Crippen molar-refractivity contribution in [1.29, 1.82) is 0 Å². The highest BCUT2D eigenvalue weighted by molar-refractivity contribution is 5.88. The summed E-state index contributed by atoms with van der Waals surface area (Å²) in [5.74, 6) is -4.21. The van der Waals surface area contributed by atoms with Gasteiger partial charge in [0.15, 0.2) is 11.3 Å². The third kappa shape index (κ3) is 3.67. The standard InChI is InChI=1S/C12H19NO7/c1-11(4-3-5-13(11)2)20-9(16)7-12(19,10(17)18)6-8(14)15/h19H,3-7H2,1-2H3,(H,14,15)(H,17,18). The second-order valence-electron chi connectivity index (χ2n) is 5.26. The van der Waals surface area contributed by atoms with Crippen molar-refractivity contribution in [3.05, 3.63) is 0 Å². The molecule has 0 spiro atoms. The van der Waals surface area contributed by atoms with E-state index in [2.05, 4.69) is 0 Å². The largest absolute Gasteiger partial charge is 0.481 e. The summed E-state index contributed by atoms with van der Waals surface area (Å²) in [5.41, 5.74) is -3.50. The third-order valence-corrected chi connectivity index (χ3v) is 3.55. The molecule has 20 heavy (non-hydrogen) atoms. The predicted octanol–water partition coefficient (Wildman–Crippen LogP) is -0.348. The Balaban J connectivity index is 2.72. The normalized spacial score (nSPS) is 25.9. The van der Waals surface area contributed by atoms with Crippen molar-refractivity contribution >= 4 is 17.9 Å². The molecule has 0 bridgehead atoms. The number of aliphatic carboxylic acids is 2. The molecule has 2 unspecified atom stereocenters. The molecule has 0 aromatic heterocycles. The molecule has 1 saturated heterocycles. The van der Waals surface area contributed by atoms with Crippen LogP contribution in [-0.2, 0) is 19.1 Å². The second kappa shape index (κ2) is 5.76. The highest BCUT2D eigenvalue weighted by Gasteiger charge is 2.44. The van der Waals surface area contributed by atoms with Gasteiger partial charge in [0.25, 0.3) is 0 Å². The van der Waals surface area contributed by atoms with E-state index in [9.17, 15) is 19.5 Å². The van der Waals surface area contributed by atoms with Crippen molar-refractivity contribution in [3.63, 3.8) is 0 Å². The number of hydrogen-bond donors (Lipinski definition) is 3. The Labute approximate surface area is 115 Å². The fraction of sp³-hybridized carbons (Fsp3) is 0.750. The summed E-state index contributed by atoms with van der Waals surface area (Å²) in [5, 5.41) is 27.2. The number of likely N-dealkylation sites (tertiary alicyclic amines) is 1. The van der Waals surface area contributed by atoms with Gasteiger partial charge in [0.2, 0.25) is 0 Å². The molecule has 114 valence electrons. The third-order valence-electron chi connectivity index (χ3n) is 3.55. The van der Waals surface area contributed by atoms with E-state index in [4.69, 9.17) is 14.9 Å². The smallest absolute Gasteiger partial charge is 0.336 e. The van der Waals surface area contributed by atoms with Crippen LogP contribution < -0.4 is 0 Å². The van der Waals surface area contributed by atoms with Crippen molar-refractivity contribution in [3.8, 4) is 0 Å². The predicted molar refractivity (Wildman–Crippen MR) is 65.8 cm³/mol. The second-order valence-corrected chi connectivity index (χ2v) is 5.26. The number of esters is 1. The van der Waals surface area contributed by atoms with Crippen molar-refractivity contribution in [2.45, 2.75) is 43.9 Å². The van der Waals surface area contributed by atoms with E-state index in [1.165, 1.54) is 0 Å².